The molecule has 3 aromatic rings. The van der Waals surface area contributed by atoms with Gasteiger partial charge < -0.3 is 19.0 Å². The van der Waals surface area contributed by atoms with Crippen LogP contribution in [0.3, 0.4) is 0 Å². The minimum atomic E-state index is -0.125. The SMILES string of the molecule is O=C(C1CCN(c2cc(Cl)c3c(=O)c4ccccc4oc3c2)C1)N1CCOCC1. The minimum Gasteiger partial charge on any atom is -0.456 e. The van der Waals surface area contributed by atoms with Gasteiger partial charge in [-0.1, -0.05) is 23.7 Å². The lowest BCUT2D eigenvalue weighted by Crippen LogP contribution is -2.44. The van der Waals surface area contributed by atoms with Crippen LogP contribution in [0, 0.1) is 5.92 Å². The molecule has 150 valence electrons. The number of rotatable bonds is 2. The summed E-state index contributed by atoms with van der Waals surface area (Å²) in [6, 6.07) is 10.8. The van der Waals surface area contributed by atoms with E-state index in [0.717, 1.165) is 18.7 Å². The quantitative estimate of drug-likeness (QED) is 0.604. The lowest BCUT2D eigenvalue weighted by Gasteiger charge is -2.29. The molecular weight excluding hydrogens is 392 g/mol. The second-order valence-corrected chi connectivity index (χ2v) is 8.00. The van der Waals surface area contributed by atoms with E-state index in [9.17, 15) is 9.59 Å². The Morgan fingerprint density at radius 3 is 2.69 bits per heavy atom. The first-order chi connectivity index (χ1) is 14.1. The highest BCUT2D eigenvalue weighted by molar-refractivity contribution is 6.35. The third-order valence-electron chi connectivity index (χ3n) is 5.84. The zero-order valence-electron chi connectivity index (χ0n) is 15.9. The van der Waals surface area contributed by atoms with E-state index >= 15 is 0 Å². The fraction of sp³-hybridized carbons (Fsp3) is 0.364. The van der Waals surface area contributed by atoms with Crippen LogP contribution in [0.25, 0.3) is 21.9 Å². The molecule has 2 aliphatic rings. The monoisotopic (exact) mass is 412 g/mol. The number of carbonyl (C=O) groups is 1. The van der Waals surface area contributed by atoms with Gasteiger partial charge in [0.15, 0.2) is 0 Å². The second-order valence-electron chi connectivity index (χ2n) is 7.60. The predicted molar refractivity (Wildman–Crippen MR) is 113 cm³/mol. The topological polar surface area (TPSA) is 63.0 Å². The van der Waals surface area contributed by atoms with Gasteiger partial charge in [-0.25, -0.2) is 0 Å². The fourth-order valence-electron chi connectivity index (χ4n) is 4.29. The van der Waals surface area contributed by atoms with Crippen molar-refractivity contribution in [3.63, 3.8) is 0 Å². The molecule has 1 unspecified atom stereocenters. The Morgan fingerprint density at radius 2 is 1.86 bits per heavy atom. The fourth-order valence-corrected chi connectivity index (χ4v) is 4.58. The zero-order chi connectivity index (χ0) is 20.0. The number of nitrogens with zero attached hydrogens (tertiary/aromatic N) is 2. The molecule has 0 aliphatic carbocycles. The first kappa shape index (κ1) is 18.5. The Labute approximate surface area is 172 Å². The smallest absolute Gasteiger partial charge is 0.227 e. The standard InChI is InChI=1S/C22H21ClN2O4/c23-17-11-15(12-19-20(17)21(26)16-3-1-2-4-18(16)29-19)25-6-5-14(13-25)22(27)24-7-9-28-10-8-24/h1-4,11-12,14H,5-10,13H2. The van der Waals surface area contributed by atoms with E-state index in [4.69, 9.17) is 20.8 Å². The van der Waals surface area contributed by atoms with E-state index in [1.54, 1.807) is 18.2 Å². The molecule has 5 rings (SSSR count). The summed E-state index contributed by atoms with van der Waals surface area (Å²) in [6.07, 6.45) is 0.799. The summed E-state index contributed by atoms with van der Waals surface area (Å²) in [4.78, 5) is 29.7. The Bertz CT molecular complexity index is 1150. The maximum absolute atomic E-state index is 12.8. The molecule has 0 saturated carbocycles. The lowest BCUT2D eigenvalue weighted by atomic mass is 10.1. The molecule has 6 nitrogen and oxygen atoms in total. The first-order valence-corrected chi connectivity index (χ1v) is 10.3. The van der Waals surface area contributed by atoms with Crippen LogP contribution in [-0.2, 0) is 9.53 Å². The molecule has 0 spiro atoms. The van der Waals surface area contributed by atoms with E-state index < -0.39 is 0 Å². The number of hydrogen-bond donors (Lipinski definition) is 0. The molecule has 2 aliphatic heterocycles. The Morgan fingerprint density at radius 1 is 1.07 bits per heavy atom. The van der Waals surface area contributed by atoms with E-state index in [0.29, 0.717) is 59.8 Å². The molecule has 0 bridgehead atoms. The predicted octanol–water partition coefficient (Wildman–Crippen LogP) is 3.28. The molecule has 1 atom stereocenters. The van der Waals surface area contributed by atoms with Crippen molar-refractivity contribution in [3.05, 3.63) is 51.6 Å². The van der Waals surface area contributed by atoms with E-state index in [1.807, 2.05) is 23.1 Å². The number of benzene rings is 2. The van der Waals surface area contributed by atoms with Crippen LogP contribution in [0.4, 0.5) is 5.69 Å². The van der Waals surface area contributed by atoms with Crippen LogP contribution in [0.2, 0.25) is 5.02 Å². The van der Waals surface area contributed by atoms with Crippen molar-refractivity contribution in [1.29, 1.82) is 0 Å². The van der Waals surface area contributed by atoms with Gasteiger partial charge in [-0.15, -0.1) is 0 Å². The number of para-hydroxylation sites is 1. The van der Waals surface area contributed by atoms with Crippen molar-refractivity contribution < 1.29 is 13.9 Å². The van der Waals surface area contributed by atoms with E-state index in [-0.39, 0.29) is 17.3 Å². The van der Waals surface area contributed by atoms with Gasteiger partial charge in [0, 0.05) is 37.9 Å². The van der Waals surface area contributed by atoms with Crippen LogP contribution in [0.1, 0.15) is 6.42 Å². The first-order valence-electron chi connectivity index (χ1n) is 9.88. The average molecular weight is 413 g/mol. The maximum atomic E-state index is 12.8. The summed E-state index contributed by atoms with van der Waals surface area (Å²) < 4.78 is 11.3. The number of ether oxygens (including phenoxy) is 1. The molecule has 2 saturated heterocycles. The Kier molecular flexibility index (Phi) is 4.68. The number of carbonyl (C=O) groups excluding carboxylic acids is 1. The van der Waals surface area contributed by atoms with Gasteiger partial charge in [0.05, 0.1) is 34.9 Å². The summed E-state index contributed by atoms with van der Waals surface area (Å²) in [5.41, 5.74) is 1.76. The zero-order valence-corrected chi connectivity index (χ0v) is 16.7. The minimum absolute atomic E-state index is 0.0359. The van der Waals surface area contributed by atoms with Gasteiger partial charge in [0.2, 0.25) is 11.3 Å². The van der Waals surface area contributed by atoms with Crippen molar-refractivity contribution >= 4 is 45.1 Å². The maximum Gasteiger partial charge on any atom is 0.227 e. The number of halogens is 1. The molecule has 1 amide bonds. The molecule has 2 aromatic carbocycles. The third kappa shape index (κ3) is 3.26. The second kappa shape index (κ2) is 7.35. The highest BCUT2D eigenvalue weighted by Crippen LogP contribution is 2.33. The van der Waals surface area contributed by atoms with Crippen molar-refractivity contribution in [2.45, 2.75) is 6.42 Å². The number of fused-ring (bicyclic) bond motifs is 2. The van der Waals surface area contributed by atoms with Gasteiger partial charge in [0.25, 0.3) is 0 Å². The van der Waals surface area contributed by atoms with Crippen LogP contribution in [0.15, 0.2) is 45.6 Å². The van der Waals surface area contributed by atoms with Crippen LogP contribution in [-0.4, -0.2) is 50.2 Å². The van der Waals surface area contributed by atoms with E-state index in [1.165, 1.54) is 0 Å². The summed E-state index contributed by atoms with van der Waals surface area (Å²) in [5.74, 6) is 0.159. The molecular formula is C22H21ClN2O4. The average Bonchev–Trinajstić information content (AvgIpc) is 3.24. The highest BCUT2D eigenvalue weighted by Gasteiger charge is 2.32. The van der Waals surface area contributed by atoms with Crippen molar-refractivity contribution in [2.75, 3.05) is 44.3 Å². The normalized spacial score (nSPS) is 20.0. The molecule has 3 heterocycles. The van der Waals surface area contributed by atoms with Gasteiger partial charge in [0.1, 0.15) is 11.2 Å². The van der Waals surface area contributed by atoms with Gasteiger partial charge in [-0.05, 0) is 24.6 Å². The van der Waals surface area contributed by atoms with E-state index in [2.05, 4.69) is 4.90 Å². The van der Waals surface area contributed by atoms with Crippen molar-refractivity contribution in [2.24, 2.45) is 5.92 Å². The van der Waals surface area contributed by atoms with Gasteiger partial charge in [-0.2, -0.15) is 0 Å². The Hall–Kier alpha value is -2.57. The van der Waals surface area contributed by atoms with Crippen LogP contribution < -0.4 is 10.3 Å². The number of hydrogen-bond acceptors (Lipinski definition) is 5. The molecule has 2 fully saturated rings. The van der Waals surface area contributed by atoms with Crippen molar-refractivity contribution in [1.82, 2.24) is 4.90 Å². The molecule has 0 radical (unpaired) electrons. The molecule has 1 aromatic heterocycles. The third-order valence-corrected chi connectivity index (χ3v) is 6.14. The van der Waals surface area contributed by atoms with Gasteiger partial charge >= 0.3 is 0 Å². The summed E-state index contributed by atoms with van der Waals surface area (Å²) in [5, 5.41) is 1.29. The van der Waals surface area contributed by atoms with Crippen LogP contribution >= 0.6 is 11.6 Å². The summed E-state index contributed by atoms with van der Waals surface area (Å²) in [6.45, 7) is 3.94. The molecule has 0 N–H and O–H groups in total. The number of amides is 1. The highest BCUT2D eigenvalue weighted by atomic mass is 35.5. The van der Waals surface area contributed by atoms with Gasteiger partial charge in [-0.3, -0.25) is 9.59 Å². The molecule has 7 heteroatoms. The number of morpholine rings is 1. The number of anilines is 1. The Balaban J connectivity index is 1.45. The van der Waals surface area contributed by atoms with Crippen LogP contribution in [0.5, 0.6) is 0 Å². The summed E-state index contributed by atoms with van der Waals surface area (Å²) in [7, 11) is 0. The largest absolute Gasteiger partial charge is 0.456 e. The lowest BCUT2D eigenvalue weighted by molar-refractivity contribution is -0.138. The summed E-state index contributed by atoms with van der Waals surface area (Å²) >= 11 is 6.49. The van der Waals surface area contributed by atoms with Crippen molar-refractivity contribution in [3.8, 4) is 0 Å². The molecule has 29 heavy (non-hydrogen) atoms.